The molecule has 0 spiro atoms. The molecule has 1 aliphatic rings. The number of unbranched alkanes of at least 4 members (excludes halogenated alkanes) is 1. The summed E-state index contributed by atoms with van der Waals surface area (Å²) in [4.78, 5) is 49.0. The molecule has 2 rings (SSSR count). The van der Waals surface area contributed by atoms with Gasteiger partial charge in [-0.1, -0.05) is 18.6 Å². The van der Waals surface area contributed by atoms with Gasteiger partial charge >= 0.3 is 18.2 Å². The first-order valence-electron chi connectivity index (χ1n) is 10.0. The predicted molar refractivity (Wildman–Crippen MR) is 112 cm³/mol. The van der Waals surface area contributed by atoms with Crippen LogP contribution in [0.3, 0.4) is 0 Å². The van der Waals surface area contributed by atoms with E-state index in [0.29, 0.717) is 30.6 Å². The SMILES string of the molecule is COC(=O)N1COC(=O)C1CCCCC(=O)Nc1ccccc1NC(=O)OC(C)(C)C. The second-order valence-corrected chi connectivity index (χ2v) is 8.01. The van der Waals surface area contributed by atoms with E-state index in [1.54, 1.807) is 45.0 Å². The number of anilines is 2. The zero-order valence-electron chi connectivity index (χ0n) is 18.2. The Bertz CT molecular complexity index is 819. The highest BCUT2D eigenvalue weighted by Crippen LogP contribution is 2.23. The Hall–Kier alpha value is -3.30. The molecule has 10 heteroatoms. The molecule has 1 aromatic rings. The molecular formula is C21H29N3O7. The molecule has 1 saturated heterocycles. The zero-order chi connectivity index (χ0) is 23.0. The van der Waals surface area contributed by atoms with E-state index in [4.69, 9.17) is 9.47 Å². The maximum atomic E-state index is 12.3. The molecule has 0 aromatic heterocycles. The van der Waals surface area contributed by atoms with Crippen LogP contribution in [0.15, 0.2) is 24.3 Å². The Morgan fingerprint density at radius 1 is 1.13 bits per heavy atom. The van der Waals surface area contributed by atoms with Crippen LogP contribution in [0, 0.1) is 0 Å². The van der Waals surface area contributed by atoms with Gasteiger partial charge in [0.05, 0.1) is 18.5 Å². The van der Waals surface area contributed by atoms with Gasteiger partial charge in [0.15, 0.2) is 6.73 Å². The van der Waals surface area contributed by atoms with Crippen LogP contribution in [0.25, 0.3) is 0 Å². The number of para-hydroxylation sites is 2. The van der Waals surface area contributed by atoms with Crippen molar-refractivity contribution >= 4 is 35.4 Å². The Morgan fingerprint density at radius 3 is 2.39 bits per heavy atom. The number of amides is 3. The van der Waals surface area contributed by atoms with Crippen LogP contribution in [-0.2, 0) is 23.8 Å². The van der Waals surface area contributed by atoms with Crippen molar-refractivity contribution in [2.75, 3.05) is 24.5 Å². The second kappa shape index (κ2) is 10.6. The van der Waals surface area contributed by atoms with Gasteiger partial charge in [-0.2, -0.15) is 0 Å². The molecule has 0 saturated carbocycles. The number of cyclic esters (lactones) is 1. The summed E-state index contributed by atoms with van der Waals surface area (Å²) in [6, 6.07) is 6.10. The summed E-state index contributed by atoms with van der Waals surface area (Å²) in [5.74, 6) is -0.714. The van der Waals surface area contributed by atoms with Crippen molar-refractivity contribution in [3.63, 3.8) is 0 Å². The monoisotopic (exact) mass is 435 g/mol. The van der Waals surface area contributed by atoms with Crippen molar-refractivity contribution in [2.45, 2.75) is 58.1 Å². The Kier molecular flexibility index (Phi) is 8.23. The van der Waals surface area contributed by atoms with Crippen LogP contribution >= 0.6 is 0 Å². The van der Waals surface area contributed by atoms with E-state index in [9.17, 15) is 19.2 Å². The topological polar surface area (TPSA) is 123 Å². The normalized spacial score (nSPS) is 15.8. The summed E-state index contributed by atoms with van der Waals surface area (Å²) < 4.78 is 14.8. The maximum Gasteiger partial charge on any atom is 0.412 e. The van der Waals surface area contributed by atoms with Gasteiger partial charge in [-0.3, -0.25) is 15.0 Å². The lowest BCUT2D eigenvalue weighted by Crippen LogP contribution is -2.38. The van der Waals surface area contributed by atoms with Crippen molar-refractivity contribution in [1.82, 2.24) is 4.90 Å². The number of hydrogen-bond acceptors (Lipinski definition) is 7. The summed E-state index contributed by atoms with van der Waals surface area (Å²) >= 11 is 0. The minimum absolute atomic E-state index is 0.127. The summed E-state index contributed by atoms with van der Waals surface area (Å²) in [5.41, 5.74) is 0.236. The van der Waals surface area contributed by atoms with E-state index in [0.717, 1.165) is 0 Å². The van der Waals surface area contributed by atoms with Crippen molar-refractivity contribution < 1.29 is 33.4 Å². The molecule has 31 heavy (non-hydrogen) atoms. The number of carbonyl (C=O) groups is 4. The molecule has 1 fully saturated rings. The van der Waals surface area contributed by atoms with Gasteiger partial charge in [0.1, 0.15) is 11.6 Å². The van der Waals surface area contributed by atoms with Gasteiger partial charge in [-0.25, -0.2) is 14.4 Å². The lowest BCUT2D eigenvalue weighted by Gasteiger charge is -2.20. The van der Waals surface area contributed by atoms with Crippen molar-refractivity contribution in [1.29, 1.82) is 0 Å². The molecule has 0 radical (unpaired) electrons. The van der Waals surface area contributed by atoms with E-state index in [1.165, 1.54) is 12.0 Å². The van der Waals surface area contributed by atoms with Crippen LogP contribution < -0.4 is 10.6 Å². The molecular weight excluding hydrogens is 406 g/mol. The third-order valence-electron chi connectivity index (χ3n) is 4.37. The number of hydrogen-bond donors (Lipinski definition) is 2. The summed E-state index contributed by atoms with van der Waals surface area (Å²) in [5, 5.41) is 5.39. The Balaban J connectivity index is 1.82. The third kappa shape index (κ3) is 7.47. The highest BCUT2D eigenvalue weighted by atomic mass is 16.6. The number of ether oxygens (including phenoxy) is 3. The average molecular weight is 435 g/mol. The number of nitrogens with zero attached hydrogens (tertiary/aromatic N) is 1. The summed E-state index contributed by atoms with van der Waals surface area (Å²) in [7, 11) is 1.24. The van der Waals surface area contributed by atoms with Gasteiger partial charge in [0.2, 0.25) is 5.91 Å². The average Bonchev–Trinajstić information content (AvgIpc) is 3.05. The fourth-order valence-electron chi connectivity index (χ4n) is 2.97. The van der Waals surface area contributed by atoms with Gasteiger partial charge in [-0.15, -0.1) is 0 Å². The Labute approximate surface area is 181 Å². The van der Waals surface area contributed by atoms with Gasteiger partial charge in [0, 0.05) is 6.42 Å². The van der Waals surface area contributed by atoms with Gasteiger partial charge in [-0.05, 0) is 45.7 Å². The first-order valence-corrected chi connectivity index (χ1v) is 10.0. The van der Waals surface area contributed by atoms with Crippen LogP contribution in [0.4, 0.5) is 21.0 Å². The highest BCUT2D eigenvalue weighted by Gasteiger charge is 2.37. The fourth-order valence-corrected chi connectivity index (χ4v) is 2.97. The molecule has 0 bridgehead atoms. The van der Waals surface area contributed by atoms with Crippen molar-refractivity contribution in [3.8, 4) is 0 Å². The first kappa shape index (κ1) is 24.0. The van der Waals surface area contributed by atoms with Crippen molar-refractivity contribution in [3.05, 3.63) is 24.3 Å². The third-order valence-corrected chi connectivity index (χ3v) is 4.37. The van der Waals surface area contributed by atoms with E-state index >= 15 is 0 Å². The summed E-state index contributed by atoms with van der Waals surface area (Å²) in [6.07, 6.45) is 0.388. The maximum absolute atomic E-state index is 12.3. The molecule has 0 aliphatic carbocycles. The molecule has 1 unspecified atom stereocenters. The number of rotatable bonds is 7. The lowest BCUT2D eigenvalue weighted by atomic mass is 10.1. The zero-order valence-corrected chi connectivity index (χ0v) is 18.2. The van der Waals surface area contributed by atoms with Crippen LogP contribution in [-0.4, -0.2) is 54.4 Å². The largest absolute Gasteiger partial charge is 0.453 e. The second-order valence-electron chi connectivity index (χ2n) is 8.01. The van der Waals surface area contributed by atoms with Gasteiger partial charge < -0.3 is 19.5 Å². The van der Waals surface area contributed by atoms with E-state index in [-0.39, 0.29) is 19.1 Å². The van der Waals surface area contributed by atoms with Crippen LogP contribution in [0.5, 0.6) is 0 Å². The number of esters is 1. The summed E-state index contributed by atoms with van der Waals surface area (Å²) in [6.45, 7) is 5.15. The molecule has 1 atom stereocenters. The molecule has 2 N–H and O–H groups in total. The number of methoxy groups -OCH3 is 1. The predicted octanol–water partition coefficient (Wildman–Crippen LogP) is 3.48. The first-order chi connectivity index (χ1) is 14.6. The van der Waals surface area contributed by atoms with Crippen LogP contribution in [0.1, 0.15) is 46.5 Å². The molecule has 170 valence electrons. The lowest BCUT2D eigenvalue weighted by molar-refractivity contribution is -0.139. The van der Waals surface area contributed by atoms with E-state index < -0.39 is 29.8 Å². The number of carbonyl (C=O) groups excluding carboxylic acids is 4. The smallest absolute Gasteiger partial charge is 0.412 e. The molecule has 1 heterocycles. The van der Waals surface area contributed by atoms with Crippen molar-refractivity contribution in [2.24, 2.45) is 0 Å². The molecule has 1 aromatic carbocycles. The molecule has 1 aliphatic heterocycles. The molecule has 10 nitrogen and oxygen atoms in total. The fraction of sp³-hybridized carbons (Fsp3) is 0.524. The van der Waals surface area contributed by atoms with E-state index in [1.807, 2.05) is 0 Å². The van der Waals surface area contributed by atoms with E-state index in [2.05, 4.69) is 15.4 Å². The minimum Gasteiger partial charge on any atom is -0.453 e. The quantitative estimate of drug-likeness (QED) is 0.382. The van der Waals surface area contributed by atoms with Gasteiger partial charge in [0.25, 0.3) is 0 Å². The number of benzene rings is 1. The number of nitrogens with one attached hydrogen (secondary N) is 2. The molecule has 3 amide bonds. The minimum atomic E-state index is -0.700. The van der Waals surface area contributed by atoms with Crippen LogP contribution in [0.2, 0.25) is 0 Å². The Morgan fingerprint density at radius 2 is 1.77 bits per heavy atom. The highest BCUT2D eigenvalue weighted by molar-refractivity contribution is 5.97. The standard InChI is InChI=1S/C21H29N3O7/c1-21(2,3)31-19(27)23-15-10-6-5-9-14(15)22-17(25)12-8-7-11-16-18(26)30-13-24(16)20(28)29-4/h5-6,9-10,16H,7-8,11-13H2,1-4H3,(H,22,25)(H,23,27).